The van der Waals surface area contributed by atoms with Crippen molar-refractivity contribution in [2.45, 2.75) is 77.0 Å². The number of H-pyrrole nitrogens is 1. The highest BCUT2D eigenvalue weighted by molar-refractivity contribution is 7.44. The second-order valence-corrected chi connectivity index (χ2v) is 15.3. The van der Waals surface area contributed by atoms with Crippen LogP contribution < -0.4 is 20.7 Å². The highest BCUT2D eigenvalue weighted by Gasteiger charge is 2.45. The van der Waals surface area contributed by atoms with Gasteiger partial charge in [-0.2, -0.15) is 5.26 Å². The van der Waals surface area contributed by atoms with Crippen LogP contribution in [0.5, 0.6) is 11.5 Å². The number of aryl methyl sites for hydroxylation is 1. The van der Waals surface area contributed by atoms with Crippen LogP contribution in [0.2, 0.25) is 0 Å². The number of halogens is 1. The van der Waals surface area contributed by atoms with Gasteiger partial charge in [-0.1, -0.05) is 66.7 Å². The van der Waals surface area contributed by atoms with E-state index in [2.05, 4.69) is 11.1 Å². The van der Waals surface area contributed by atoms with E-state index in [0.29, 0.717) is 11.5 Å². The number of nitrogens with one attached hydrogen (secondary N) is 1. The van der Waals surface area contributed by atoms with Crippen molar-refractivity contribution < 1.29 is 27.6 Å². The van der Waals surface area contributed by atoms with E-state index in [1.807, 2.05) is 117 Å². The van der Waals surface area contributed by atoms with Crippen LogP contribution in [0.25, 0.3) is 0 Å². The predicted molar refractivity (Wildman–Crippen MR) is 211 cm³/mol. The zero-order valence-electron chi connectivity index (χ0n) is 32.3. The minimum absolute atomic E-state index is 0.0223. The second-order valence-electron chi connectivity index (χ2n) is 13.9. The number of alkyl halides is 1. The molecule has 292 valence electrons. The van der Waals surface area contributed by atoms with Crippen LogP contribution in [0.15, 0.2) is 107 Å². The molecule has 1 unspecified atom stereocenters. The van der Waals surface area contributed by atoms with Crippen LogP contribution in [-0.4, -0.2) is 66.0 Å². The summed E-state index contributed by atoms with van der Waals surface area (Å²) in [6.07, 6.45) is 1.98. The van der Waals surface area contributed by atoms with Gasteiger partial charge in [-0.3, -0.25) is 14.3 Å². The number of aromatic nitrogens is 2. The van der Waals surface area contributed by atoms with Crippen LogP contribution >= 0.6 is 8.53 Å². The Kier molecular flexibility index (Phi) is 14.2. The minimum Gasteiger partial charge on any atom is -0.497 e. The third-order valence-electron chi connectivity index (χ3n) is 9.62. The summed E-state index contributed by atoms with van der Waals surface area (Å²) < 4.78 is 51.8. The van der Waals surface area contributed by atoms with Crippen molar-refractivity contribution in [1.82, 2.24) is 14.2 Å². The average Bonchev–Trinajstić information content (AvgIpc) is 3.18. The summed E-state index contributed by atoms with van der Waals surface area (Å²) in [5.74, 6) is 0.664. The molecule has 11 nitrogen and oxygen atoms in total. The van der Waals surface area contributed by atoms with E-state index in [1.54, 1.807) is 27.2 Å². The summed E-state index contributed by atoms with van der Waals surface area (Å²) in [5, 5.41) is 9.32. The molecule has 0 bridgehead atoms. The maximum atomic E-state index is 17.4. The molecule has 0 saturated heterocycles. The molecule has 0 spiro atoms. The first-order valence-electron chi connectivity index (χ1n) is 18.3. The number of rotatable bonds is 17. The standard InChI is InChI=1S/C42H50FN4O7P/c1-28(2)47(29(3)4)55(53-25-11-24-44)54-39-31(14-23-37(38(39)43)46-26-30(5)40(48)45-41(46)49)27-52-42(32-12-9-8-10-13-32,33-15-19-35(50-6)20-16-33)34-17-21-36(51-7)22-18-34/h8-10,12-23,26,28-29,31,37-39H,11,25,27H2,1-7H3,(H,45,48,49)/t31-,37-,38+,39-,55?/m1/s1. The molecular formula is C42H50FN4O7P. The van der Waals surface area contributed by atoms with Crippen molar-refractivity contribution in [2.24, 2.45) is 5.92 Å². The van der Waals surface area contributed by atoms with Crippen LogP contribution in [0, 0.1) is 24.2 Å². The lowest BCUT2D eigenvalue weighted by Crippen LogP contribution is -2.47. The monoisotopic (exact) mass is 772 g/mol. The van der Waals surface area contributed by atoms with E-state index < -0.39 is 49.6 Å². The molecule has 0 saturated carbocycles. The third-order valence-corrected chi connectivity index (χ3v) is 11.8. The number of hydrogen-bond acceptors (Lipinski definition) is 9. The number of methoxy groups -OCH3 is 2. The Morgan fingerprint density at radius 3 is 1.98 bits per heavy atom. The molecule has 3 aromatic carbocycles. The van der Waals surface area contributed by atoms with Gasteiger partial charge in [-0.05, 0) is 75.6 Å². The van der Waals surface area contributed by atoms with Crippen molar-refractivity contribution in [3.8, 4) is 17.6 Å². The fourth-order valence-electron chi connectivity index (χ4n) is 6.94. The van der Waals surface area contributed by atoms with Gasteiger partial charge in [0.2, 0.25) is 0 Å². The van der Waals surface area contributed by atoms with Crippen LogP contribution in [-0.2, 0) is 19.4 Å². The zero-order valence-corrected chi connectivity index (χ0v) is 33.2. The molecule has 1 aliphatic carbocycles. The van der Waals surface area contributed by atoms with Crippen molar-refractivity contribution in [1.29, 1.82) is 5.26 Å². The van der Waals surface area contributed by atoms with Crippen LogP contribution in [0.1, 0.15) is 62.4 Å². The Bertz CT molecular complexity index is 1980. The van der Waals surface area contributed by atoms with Gasteiger partial charge in [0.15, 0.2) is 6.17 Å². The number of ether oxygens (including phenoxy) is 3. The minimum atomic E-state index is -1.90. The molecule has 55 heavy (non-hydrogen) atoms. The molecule has 0 amide bonds. The Balaban J connectivity index is 1.65. The van der Waals surface area contributed by atoms with E-state index in [-0.39, 0.29) is 37.3 Å². The maximum Gasteiger partial charge on any atom is 0.328 e. The van der Waals surface area contributed by atoms with Gasteiger partial charge in [-0.25, -0.2) is 13.9 Å². The topological polar surface area (TPSA) is 128 Å². The lowest BCUT2D eigenvalue weighted by Gasteiger charge is -2.43. The number of aromatic amines is 1. The Labute approximate surface area is 323 Å². The van der Waals surface area contributed by atoms with E-state index in [4.69, 9.17) is 23.3 Å². The number of nitrogens with zero attached hydrogens (tertiary/aromatic N) is 3. The molecule has 4 aromatic rings. The fraction of sp³-hybridized carbons (Fsp3) is 0.405. The lowest BCUT2D eigenvalue weighted by molar-refractivity contribution is -0.0479. The van der Waals surface area contributed by atoms with Gasteiger partial charge in [-0.15, -0.1) is 0 Å². The lowest BCUT2D eigenvalue weighted by atomic mass is 9.79. The smallest absolute Gasteiger partial charge is 0.328 e. The van der Waals surface area contributed by atoms with Gasteiger partial charge >= 0.3 is 5.69 Å². The summed E-state index contributed by atoms with van der Waals surface area (Å²) >= 11 is 0. The number of allylic oxidation sites excluding steroid dienone is 1. The maximum absolute atomic E-state index is 17.4. The summed E-state index contributed by atoms with van der Waals surface area (Å²) in [7, 11) is 1.32. The van der Waals surface area contributed by atoms with Crippen molar-refractivity contribution in [3.05, 3.63) is 140 Å². The largest absolute Gasteiger partial charge is 0.497 e. The first-order valence-corrected chi connectivity index (χ1v) is 19.5. The van der Waals surface area contributed by atoms with E-state index in [9.17, 15) is 14.9 Å². The molecule has 0 fully saturated rings. The molecule has 0 radical (unpaired) electrons. The quantitative estimate of drug-likeness (QED) is 0.0500. The first-order chi connectivity index (χ1) is 26.4. The molecule has 1 N–H and O–H groups in total. The number of nitriles is 1. The molecule has 0 aliphatic heterocycles. The second kappa shape index (κ2) is 18.8. The molecule has 1 aromatic heterocycles. The van der Waals surface area contributed by atoms with Gasteiger partial charge in [0.1, 0.15) is 23.2 Å². The van der Waals surface area contributed by atoms with Crippen molar-refractivity contribution in [3.63, 3.8) is 0 Å². The third kappa shape index (κ3) is 9.26. The van der Waals surface area contributed by atoms with Crippen LogP contribution in [0.3, 0.4) is 0 Å². The molecule has 1 aliphatic rings. The van der Waals surface area contributed by atoms with E-state index >= 15 is 4.39 Å². The molecular weight excluding hydrogens is 722 g/mol. The summed E-state index contributed by atoms with van der Waals surface area (Å²) in [6.45, 7) is 9.65. The van der Waals surface area contributed by atoms with Gasteiger partial charge in [0.25, 0.3) is 14.1 Å². The SMILES string of the molecule is COc1ccc(C(OC[C@H]2C=C[C@@H](n3cc(C)c(=O)[nH]c3=O)[C@H](F)[C@@H]2OP(OCCC#N)N(C(C)C)C(C)C)(c2ccccc2)c2ccc(OC)cc2)cc1. The fourth-order valence-corrected chi connectivity index (χ4v) is 8.72. The number of benzene rings is 3. The summed E-state index contributed by atoms with van der Waals surface area (Å²) in [5.41, 5.74) is 0.247. The van der Waals surface area contributed by atoms with Gasteiger partial charge in [0.05, 0.1) is 46.0 Å². The molecule has 5 rings (SSSR count). The normalized spacial score (nSPS) is 19.1. The highest BCUT2D eigenvalue weighted by Crippen LogP contribution is 2.51. The van der Waals surface area contributed by atoms with E-state index in [0.717, 1.165) is 16.7 Å². The van der Waals surface area contributed by atoms with Gasteiger partial charge < -0.3 is 23.3 Å². The molecule has 5 atom stereocenters. The van der Waals surface area contributed by atoms with Crippen molar-refractivity contribution in [2.75, 3.05) is 27.4 Å². The first kappa shape index (κ1) is 41.5. The number of hydrogen-bond donors (Lipinski definition) is 1. The molecule has 1 heterocycles. The Hall–Kier alpha value is -4.63. The Morgan fingerprint density at radius 2 is 1.45 bits per heavy atom. The molecule has 13 heteroatoms. The summed E-state index contributed by atoms with van der Waals surface area (Å²) in [6, 6.07) is 26.0. The van der Waals surface area contributed by atoms with Crippen LogP contribution in [0.4, 0.5) is 4.39 Å². The Morgan fingerprint density at radius 1 is 0.891 bits per heavy atom. The predicted octanol–water partition coefficient (Wildman–Crippen LogP) is 7.60. The van der Waals surface area contributed by atoms with E-state index in [1.165, 1.54) is 10.8 Å². The van der Waals surface area contributed by atoms with Crippen molar-refractivity contribution >= 4 is 8.53 Å². The summed E-state index contributed by atoms with van der Waals surface area (Å²) in [4.78, 5) is 27.7. The average molecular weight is 773 g/mol. The highest BCUT2D eigenvalue weighted by atomic mass is 31.2. The van der Waals surface area contributed by atoms with Gasteiger partial charge in [0, 0.05) is 29.8 Å². The zero-order chi connectivity index (χ0) is 39.7.